The zero-order chi connectivity index (χ0) is 31.1. The zero-order valence-corrected chi connectivity index (χ0v) is 27.4. The summed E-state index contributed by atoms with van der Waals surface area (Å²) in [5.41, 5.74) is 3.42. The smallest absolute Gasteiger partial charge is 0.142 e. The van der Waals surface area contributed by atoms with Crippen LogP contribution >= 0.6 is 23.5 Å². The molecule has 0 aliphatic carbocycles. The molecule has 4 aromatic rings. The lowest BCUT2D eigenvalue weighted by Gasteiger charge is -2.23. The van der Waals surface area contributed by atoms with E-state index < -0.39 is 0 Å². The van der Waals surface area contributed by atoms with Gasteiger partial charge in [0, 0.05) is 85.4 Å². The van der Waals surface area contributed by atoms with E-state index in [0.717, 1.165) is 84.2 Å². The van der Waals surface area contributed by atoms with Gasteiger partial charge in [-0.15, -0.1) is 0 Å². The molecule has 45 heavy (non-hydrogen) atoms. The van der Waals surface area contributed by atoms with Crippen molar-refractivity contribution in [2.45, 2.75) is 13.1 Å². The molecule has 1 fully saturated rings. The number of phenolic OH excluding ortho intramolecular Hbond substituents is 2. The standard InChI is InChI=1S/C34H44N4O5S2/c39-31-23-27(21-29-3-1-5-35-33(29)31)25-37-7-11-41-13-15-43-16-14-42-12-8-38(10-18-45-20-19-44-17-9-37)26-28-22-30-4-2-6-36-34(30)32(40)24-28/h1-6,21-24,39-40H,7-20,25-26H2. The van der Waals surface area contributed by atoms with Gasteiger partial charge < -0.3 is 24.4 Å². The third-order valence-electron chi connectivity index (χ3n) is 7.62. The summed E-state index contributed by atoms with van der Waals surface area (Å²) in [6, 6.07) is 15.7. The quantitative estimate of drug-likeness (QED) is 0.311. The average Bonchev–Trinajstić information content (AvgIpc) is 3.04. The molecule has 0 radical (unpaired) electrons. The van der Waals surface area contributed by atoms with E-state index in [1.165, 1.54) is 0 Å². The first kappa shape index (κ1) is 33.7. The van der Waals surface area contributed by atoms with Gasteiger partial charge in [-0.2, -0.15) is 23.5 Å². The lowest BCUT2D eigenvalue weighted by molar-refractivity contribution is 0.00698. The number of aromatic nitrogens is 2. The van der Waals surface area contributed by atoms with Crippen LogP contribution in [-0.4, -0.2) is 119 Å². The van der Waals surface area contributed by atoms with Gasteiger partial charge in [-0.1, -0.05) is 12.1 Å². The van der Waals surface area contributed by atoms with Crippen molar-refractivity contribution in [3.05, 3.63) is 72.1 Å². The van der Waals surface area contributed by atoms with E-state index in [1.54, 1.807) is 12.4 Å². The van der Waals surface area contributed by atoms with Crippen LogP contribution in [0.2, 0.25) is 0 Å². The van der Waals surface area contributed by atoms with Crippen LogP contribution in [-0.2, 0) is 27.3 Å². The number of hydrogen-bond acceptors (Lipinski definition) is 11. The Morgan fingerprint density at radius 2 is 1.02 bits per heavy atom. The summed E-state index contributed by atoms with van der Waals surface area (Å²) in [6.45, 7) is 8.42. The number of aromatic hydroxyl groups is 2. The minimum atomic E-state index is 0.224. The number of nitrogens with zero attached hydrogens (tertiary/aromatic N) is 4. The van der Waals surface area contributed by atoms with E-state index in [2.05, 4.69) is 31.9 Å². The second-order valence-electron chi connectivity index (χ2n) is 11.0. The topological polar surface area (TPSA) is 100 Å². The van der Waals surface area contributed by atoms with Crippen molar-refractivity contribution >= 4 is 45.3 Å². The Morgan fingerprint density at radius 3 is 1.49 bits per heavy atom. The molecule has 11 heteroatoms. The van der Waals surface area contributed by atoms with E-state index in [4.69, 9.17) is 14.2 Å². The highest BCUT2D eigenvalue weighted by atomic mass is 32.2. The van der Waals surface area contributed by atoms with Gasteiger partial charge in [0.05, 0.1) is 39.6 Å². The molecule has 0 bridgehead atoms. The van der Waals surface area contributed by atoms with Gasteiger partial charge in [0.2, 0.25) is 0 Å². The van der Waals surface area contributed by atoms with Crippen LogP contribution in [0.1, 0.15) is 11.1 Å². The maximum atomic E-state index is 10.5. The number of ether oxygens (including phenoxy) is 3. The van der Waals surface area contributed by atoms with Crippen molar-refractivity contribution in [1.82, 2.24) is 19.8 Å². The van der Waals surface area contributed by atoms with Gasteiger partial charge in [-0.3, -0.25) is 19.8 Å². The first-order chi connectivity index (χ1) is 22.2. The maximum absolute atomic E-state index is 10.5. The first-order valence-corrected chi connectivity index (χ1v) is 17.9. The molecule has 0 spiro atoms. The molecule has 3 heterocycles. The van der Waals surface area contributed by atoms with Crippen molar-refractivity contribution in [3.63, 3.8) is 0 Å². The van der Waals surface area contributed by atoms with E-state index in [0.29, 0.717) is 50.7 Å². The molecule has 1 aliphatic rings. The number of phenols is 2. The number of thioether (sulfide) groups is 2. The molecule has 9 nitrogen and oxygen atoms in total. The Balaban J connectivity index is 1.13. The van der Waals surface area contributed by atoms with Gasteiger partial charge >= 0.3 is 0 Å². The first-order valence-electron chi connectivity index (χ1n) is 15.6. The summed E-state index contributed by atoms with van der Waals surface area (Å²) in [5, 5.41) is 23.0. The van der Waals surface area contributed by atoms with E-state index in [1.807, 2.05) is 59.9 Å². The predicted octanol–water partition coefficient (Wildman–Crippen LogP) is 5.03. The Hall–Kier alpha value is -2.64. The molecular formula is C34H44N4O5S2. The summed E-state index contributed by atoms with van der Waals surface area (Å²) < 4.78 is 17.5. The number of hydrogen-bond donors (Lipinski definition) is 2. The molecule has 1 saturated heterocycles. The fraction of sp³-hybridized carbons (Fsp3) is 0.471. The minimum Gasteiger partial charge on any atom is -0.506 e. The third-order valence-corrected chi connectivity index (χ3v) is 9.81. The predicted molar refractivity (Wildman–Crippen MR) is 184 cm³/mol. The summed E-state index contributed by atoms with van der Waals surface area (Å²) in [4.78, 5) is 13.4. The summed E-state index contributed by atoms with van der Waals surface area (Å²) in [6.07, 6.45) is 3.41. The average molecular weight is 653 g/mol. The Labute approximate surface area is 274 Å². The van der Waals surface area contributed by atoms with Gasteiger partial charge in [-0.25, -0.2) is 0 Å². The molecule has 2 aromatic heterocycles. The highest BCUT2D eigenvalue weighted by molar-refractivity contribution is 8.02. The minimum absolute atomic E-state index is 0.224. The zero-order valence-electron chi connectivity index (χ0n) is 25.8. The lowest BCUT2D eigenvalue weighted by Crippen LogP contribution is -2.30. The van der Waals surface area contributed by atoms with E-state index in [-0.39, 0.29) is 11.5 Å². The molecule has 2 aromatic carbocycles. The fourth-order valence-corrected chi connectivity index (χ4v) is 7.47. The Morgan fingerprint density at radius 1 is 0.578 bits per heavy atom. The van der Waals surface area contributed by atoms with Crippen molar-refractivity contribution < 1.29 is 24.4 Å². The number of pyridine rings is 2. The van der Waals surface area contributed by atoms with Crippen LogP contribution in [0.5, 0.6) is 11.5 Å². The number of rotatable bonds is 4. The molecule has 0 atom stereocenters. The molecule has 5 rings (SSSR count). The van der Waals surface area contributed by atoms with Crippen LogP contribution in [0.4, 0.5) is 0 Å². The second-order valence-corrected chi connectivity index (χ2v) is 13.4. The molecule has 242 valence electrons. The molecular weight excluding hydrogens is 609 g/mol. The molecule has 0 saturated carbocycles. The number of benzene rings is 2. The van der Waals surface area contributed by atoms with Gasteiger partial charge in [0.1, 0.15) is 22.5 Å². The largest absolute Gasteiger partial charge is 0.506 e. The molecule has 0 amide bonds. The van der Waals surface area contributed by atoms with Crippen LogP contribution in [0.3, 0.4) is 0 Å². The van der Waals surface area contributed by atoms with Gasteiger partial charge in [0.25, 0.3) is 0 Å². The van der Waals surface area contributed by atoms with Crippen molar-refractivity contribution in [2.24, 2.45) is 0 Å². The highest BCUT2D eigenvalue weighted by Crippen LogP contribution is 2.26. The molecule has 1 aliphatic heterocycles. The van der Waals surface area contributed by atoms with Crippen molar-refractivity contribution in [3.8, 4) is 11.5 Å². The van der Waals surface area contributed by atoms with Crippen LogP contribution < -0.4 is 0 Å². The lowest BCUT2D eigenvalue weighted by atomic mass is 10.1. The summed E-state index contributed by atoms with van der Waals surface area (Å²) in [5.74, 6) is 4.72. The van der Waals surface area contributed by atoms with E-state index in [9.17, 15) is 10.2 Å². The third kappa shape index (κ3) is 11.0. The summed E-state index contributed by atoms with van der Waals surface area (Å²) in [7, 11) is 0. The SMILES string of the molecule is Oc1cc(CN2CCOCCOCCOCCN(Cc3cc(O)c4ncccc4c3)CCSCCSCC2)cc2cccnc12. The van der Waals surface area contributed by atoms with E-state index >= 15 is 0 Å². The maximum Gasteiger partial charge on any atom is 0.142 e. The second kappa shape index (κ2) is 18.5. The van der Waals surface area contributed by atoms with Gasteiger partial charge in [0.15, 0.2) is 0 Å². The Kier molecular flexibility index (Phi) is 13.9. The normalized spacial score (nSPS) is 18.5. The van der Waals surface area contributed by atoms with Crippen LogP contribution in [0, 0.1) is 0 Å². The van der Waals surface area contributed by atoms with Crippen molar-refractivity contribution in [2.75, 3.05) is 88.8 Å². The Bertz CT molecular complexity index is 1370. The van der Waals surface area contributed by atoms with Crippen molar-refractivity contribution in [1.29, 1.82) is 0 Å². The molecule has 0 unspecified atom stereocenters. The van der Waals surface area contributed by atoms with Crippen LogP contribution in [0.15, 0.2) is 60.9 Å². The van der Waals surface area contributed by atoms with Crippen LogP contribution in [0.25, 0.3) is 21.8 Å². The highest BCUT2D eigenvalue weighted by Gasteiger charge is 2.12. The fourth-order valence-electron chi connectivity index (χ4n) is 5.34. The number of fused-ring (bicyclic) bond motifs is 2. The summed E-state index contributed by atoms with van der Waals surface area (Å²) >= 11 is 3.96. The van der Waals surface area contributed by atoms with Gasteiger partial charge in [-0.05, 0) is 47.5 Å². The molecule has 2 N–H and O–H groups in total. The monoisotopic (exact) mass is 652 g/mol.